The summed E-state index contributed by atoms with van der Waals surface area (Å²) in [5.41, 5.74) is 2.77. The van der Waals surface area contributed by atoms with Crippen molar-refractivity contribution in [2.24, 2.45) is 0 Å². The van der Waals surface area contributed by atoms with E-state index in [4.69, 9.17) is 11.6 Å². The van der Waals surface area contributed by atoms with Crippen LogP contribution in [0.5, 0.6) is 0 Å². The number of hydrogen-bond donors (Lipinski definition) is 0. The highest BCUT2D eigenvalue weighted by molar-refractivity contribution is 7.07. The van der Waals surface area contributed by atoms with E-state index in [-0.39, 0.29) is 0 Å². The number of hydrogen-bond acceptors (Lipinski definition) is 1. The second-order valence-corrected chi connectivity index (χ2v) is 4.47. The molecule has 72 valence electrons. The third-order valence-corrected chi connectivity index (χ3v) is 3.18. The Morgan fingerprint density at radius 1 is 0.929 bits per heavy atom. The van der Waals surface area contributed by atoms with E-state index in [2.05, 4.69) is 29.0 Å². The second kappa shape index (κ2) is 4.63. The van der Waals surface area contributed by atoms with Crippen molar-refractivity contribution in [1.82, 2.24) is 0 Å². The first-order valence-corrected chi connectivity index (χ1v) is 5.92. The monoisotopic (exact) mass is 222 g/mol. The fourth-order valence-corrected chi connectivity index (χ4v) is 2.20. The molecular formula is C12H11ClS. The molecule has 0 aliphatic rings. The molecule has 0 saturated carbocycles. The Balaban J connectivity index is 1.95. The first-order valence-electron chi connectivity index (χ1n) is 4.60. The van der Waals surface area contributed by atoms with Crippen LogP contribution in [0, 0.1) is 0 Å². The van der Waals surface area contributed by atoms with Gasteiger partial charge in [-0.25, -0.2) is 0 Å². The first-order chi connectivity index (χ1) is 6.84. The summed E-state index contributed by atoms with van der Waals surface area (Å²) in [4.78, 5) is 0. The summed E-state index contributed by atoms with van der Waals surface area (Å²) in [6, 6.07) is 10.3. The molecule has 0 nitrogen and oxygen atoms in total. The first kappa shape index (κ1) is 9.75. The maximum atomic E-state index is 5.81. The summed E-state index contributed by atoms with van der Waals surface area (Å²) in [6.45, 7) is 0. The number of benzene rings is 1. The van der Waals surface area contributed by atoms with Gasteiger partial charge in [0.25, 0.3) is 0 Å². The predicted octanol–water partition coefficient (Wildman–Crippen LogP) is 4.19. The second-order valence-electron chi connectivity index (χ2n) is 3.26. The van der Waals surface area contributed by atoms with Crippen LogP contribution in [0.15, 0.2) is 41.1 Å². The maximum Gasteiger partial charge on any atom is 0.0406 e. The molecule has 0 aliphatic carbocycles. The zero-order valence-corrected chi connectivity index (χ0v) is 9.31. The zero-order valence-electron chi connectivity index (χ0n) is 7.74. The Kier molecular flexibility index (Phi) is 3.22. The molecule has 2 rings (SSSR count). The lowest BCUT2D eigenvalue weighted by atomic mass is 10.1. The van der Waals surface area contributed by atoms with Crippen LogP contribution in [0.1, 0.15) is 11.1 Å². The molecule has 1 heterocycles. The molecule has 1 aromatic carbocycles. The topological polar surface area (TPSA) is 0 Å². The van der Waals surface area contributed by atoms with Crippen molar-refractivity contribution in [3.05, 3.63) is 57.2 Å². The Morgan fingerprint density at radius 2 is 1.64 bits per heavy atom. The Labute approximate surface area is 93.2 Å². The number of aryl methyl sites for hydroxylation is 2. The fraction of sp³-hybridized carbons (Fsp3) is 0.167. The van der Waals surface area contributed by atoms with Gasteiger partial charge in [-0.3, -0.25) is 0 Å². The minimum absolute atomic E-state index is 0.810. The van der Waals surface area contributed by atoms with E-state index in [9.17, 15) is 0 Å². The van der Waals surface area contributed by atoms with E-state index in [0.29, 0.717) is 0 Å². The minimum atomic E-state index is 0.810. The Hall–Kier alpha value is -0.790. The van der Waals surface area contributed by atoms with E-state index in [0.717, 1.165) is 17.9 Å². The molecule has 0 N–H and O–H groups in total. The maximum absolute atomic E-state index is 5.81. The molecule has 0 amide bonds. The van der Waals surface area contributed by atoms with Gasteiger partial charge in [0.05, 0.1) is 0 Å². The van der Waals surface area contributed by atoms with Crippen molar-refractivity contribution in [2.45, 2.75) is 12.8 Å². The van der Waals surface area contributed by atoms with Gasteiger partial charge >= 0.3 is 0 Å². The lowest BCUT2D eigenvalue weighted by Crippen LogP contribution is -1.88. The SMILES string of the molecule is Clc1ccc(CCc2ccsc2)cc1. The largest absolute Gasteiger partial charge is 0.152 e. The van der Waals surface area contributed by atoms with Crippen LogP contribution in [-0.2, 0) is 12.8 Å². The highest BCUT2D eigenvalue weighted by Gasteiger charge is 1.96. The van der Waals surface area contributed by atoms with Gasteiger partial charge in [-0.1, -0.05) is 23.7 Å². The molecule has 0 radical (unpaired) electrons. The van der Waals surface area contributed by atoms with Gasteiger partial charge in [-0.05, 0) is 52.9 Å². The summed E-state index contributed by atoms with van der Waals surface area (Å²) in [7, 11) is 0. The summed E-state index contributed by atoms with van der Waals surface area (Å²) >= 11 is 7.57. The van der Waals surface area contributed by atoms with Gasteiger partial charge in [0, 0.05) is 5.02 Å². The molecule has 0 unspecified atom stereocenters. The van der Waals surface area contributed by atoms with Crippen LogP contribution in [0.4, 0.5) is 0 Å². The smallest absolute Gasteiger partial charge is 0.0406 e. The van der Waals surface area contributed by atoms with Gasteiger partial charge in [0.15, 0.2) is 0 Å². The molecule has 0 aliphatic heterocycles. The van der Waals surface area contributed by atoms with E-state index in [1.165, 1.54) is 11.1 Å². The molecule has 2 aromatic rings. The fourth-order valence-electron chi connectivity index (χ4n) is 1.37. The van der Waals surface area contributed by atoms with Gasteiger partial charge in [-0.2, -0.15) is 11.3 Å². The van der Waals surface area contributed by atoms with Crippen molar-refractivity contribution in [2.75, 3.05) is 0 Å². The van der Waals surface area contributed by atoms with Gasteiger partial charge < -0.3 is 0 Å². The van der Waals surface area contributed by atoms with E-state index in [1.54, 1.807) is 11.3 Å². The highest BCUT2D eigenvalue weighted by Crippen LogP contribution is 2.13. The third-order valence-electron chi connectivity index (χ3n) is 2.20. The van der Waals surface area contributed by atoms with Gasteiger partial charge in [0.2, 0.25) is 0 Å². The van der Waals surface area contributed by atoms with Crippen molar-refractivity contribution in [3.63, 3.8) is 0 Å². The molecule has 0 spiro atoms. The molecule has 0 fully saturated rings. The van der Waals surface area contributed by atoms with Crippen molar-refractivity contribution in [1.29, 1.82) is 0 Å². The van der Waals surface area contributed by atoms with Crippen LogP contribution in [0.3, 0.4) is 0 Å². The van der Waals surface area contributed by atoms with Crippen LogP contribution in [0.2, 0.25) is 5.02 Å². The lowest BCUT2D eigenvalue weighted by Gasteiger charge is -1.99. The van der Waals surface area contributed by atoms with E-state index < -0.39 is 0 Å². The summed E-state index contributed by atoms with van der Waals surface area (Å²) in [6.07, 6.45) is 2.21. The molecular weight excluding hydrogens is 212 g/mol. The minimum Gasteiger partial charge on any atom is -0.152 e. The Morgan fingerprint density at radius 3 is 2.29 bits per heavy atom. The quantitative estimate of drug-likeness (QED) is 0.731. The van der Waals surface area contributed by atoms with E-state index >= 15 is 0 Å². The van der Waals surface area contributed by atoms with Crippen molar-refractivity contribution < 1.29 is 0 Å². The van der Waals surface area contributed by atoms with Crippen LogP contribution in [0.25, 0.3) is 0 Å². The van der Waals surface area contributed by atoms with Crippen LogP contribution < -0.4 is 0 Å². The highest BCUT2D eigenvalue weighted by atomic mass is 35.5. The van der Waals surface area contributed by atoms with Gasteiger partial charge in [0.1, 0.15) is 0 Å². The summed E-state index contributed by atoms with van der Waals surface area (Å²) in [5, 5.41) is 5.14. The normalized spacial score (nSPS) is 10.4. The molecule has 1 aromatic heterocycles. The number of rotatable bonds is 3. The van der Waals surface area contributed by atoms with Crippen LogP contribution in [-0.4, -0.2) is 0 Å². The zero-order chi connectivity index (χ0) is 9.80. The molecule has 0 saturated heterocycles. The average molecular weight is 223 g/mol. The molecule has 2 heteroatoms. The molecule has 0 atom stereocenters. The van der Waals surface area contributed by atoms with E-state index in [1.807, 2.05) is 12.1 Å². The predicted molar refractivity (Wildman–Crippen MR) is 63.2 cm³/mol. The van der Waals surface area contributed by atoms with Crippen LogP contribution >= 0.6 is 22.9 Å². The number of halogens is 1. The van der Waals surface area contributed by atoms with Crippen molar-refractivity contribution in [3.8, 4) is 0 Å². The molecule has 14 heavy (non-hydrogen) atoms. The standard InChI is InChI=1S/C12H11ClS/c13-12-5-3-10(4-6-12)1-2-11-7-8-14-9-11/h3-9H,1-2H2. The third kappa shape index (κ3) is 2.60. The summed E-state index contributed by atoms with van der Waals surface area (Å²) < 4.78 is 0. The average Bonchev–Trinajstić information content (AvgIpc) is 2.70. The van der Waals surface area contributed by atoms with Gasteiger partial charge in [-0.15, -0.1) is 0 Å². The Bertz CT molecular complexity index is 375. The summed E-state index contributed by atoms with van der Waals surface area (Å²) in [5.74, 6) is 0. The number of thiophene rings is 1. The molecule has 0 bridgehead atoms. The lowest BCUT2D eigenvalue weighted by molar-refractivity contribution is 0.966. The van der Waals surface area contributed by atoms with Crippen molar-refractivity contribution >= 4 is 22.9 Å².